The number of aliphatic carboxylic acids is 1. The molecule has 7 nitrogen and oxygen atoms in total. The summed E-state index contributed by atoms with van der Waals surface area (Å²) in [5, 5.41) is 11.5. The number of esters is 1. The van der Waals surface area contributed by atoms with Gasteiger partial charge in [-0.05, 0) is 35.6 Å². The molecule has 0 aliphatic heterocycles. The summed E-state index contributed by atoms with van der Waals surface area (Å²) in [4.78, 5) is 36.0. The number of nitrogens with one attached hydrogen (secondary N) is 1. The first kappa shape index (κ1) is 22.1. The van der Waals surface area contributed by atoms with Crippen molar-refractivity contribution in [3.05, 3.63) is 72.3 Å². The number of carbonyl (C=O) groups is 3. The fourth-order valence-corrected chi connectivity index (χ4v) is 3.73. The number of benzene rings is 2. The molecule has 0 radical (unpaired) electrons. The molecular weight excluding hydrogens is 398 g/mol. The summed E-state index contributed by atoms with van der Waals surface area (Å²) in [7, 11) is 0. The van der Waals surface area contributed by atoms with Gasteiger partial charge in [-0.3, -0.25) is 4.79 Å². The molecule has 0 bridgehead atoms. The first-order valence-electron chi connectivity index (χ1n) is 9.99. The summed E-state index contributed by atoms with van der Waals surface area (Å²) >= 11 is 0. The summed E-state index contributed by atoms with van der Waals surface area (Å²) in [5.41, 5.74) is 2.80. The highest BCUT2D eigenvalue weighted by Gasteiger charge is 2.38. The fourth-order valence-electron chi connectivity index (χ4n) is 3.73. The third-order valence-electron chi connectivity index (χ3n) is 5.34. The van der Waals surface area contributed by atoms with Crippen molar-refractivity contribution in [2.45, 2.75) is 31.2 Å². The maximum Gasteiger partial charge on any atom is 0.408 e. The lowest BCUT2D eigenvalue weighted by Gasteiger charge is -2.27. The van der Waals surface area contributed by atoms with Gasteiger partial charge in [-0.2, -0.15) is 0 Å². The second kappa shape index (κ2) is 9.47. The van der Waals surface area contributed by atoms with E-state index in [0.29, 0.717) is 0 Å². The van der Waals surface area contributed by atoms with E-state index >= 15 is 0 Å². The fraction of sp³-hybridized carbons (Fsp3) is 0.292. The molecule has 1 aliphatic carbocycles. The summed E-state index contributed by atoms with van der Waals surface area (Å²) in [6.07, 6.45) is 0.125. The number of rotatable bonds is 9. The molecule has 1 aliphatic rings. The van der Waals surface area contributed by atoms with E-state index in [1.807, 2.05) is 48.5 Å². The van der Waals surface area contributed by atoms with Gasteiger partial charge in [0.1, 0.15) is 18.8 Å². The van der Waals surface area contributed by atoms with Crippen molar-refractivity contribution in [1.29, 1.82) is 0 Å². The number of ether oxygens (including phenoxy) is 2. The molecule has 0 aromatic heterocycles. The summed E-state index contributed by atoms with van der Waals surface area (Å²) < 4.78 is 10.5. The lowest BCUT2D eigenvalue weighted by molar-refractivity contribution is -0.150. The summed E-state index contributed by atoms with van der Waals surface area (Å²) in [6, 6.07) is 15.9. The van der Waals surface area contributed by atoms with Gasteiger partial charge in [0.2, 0.25) is 0 Å². The largest absolute Gasteiger partial charge is 0.481 e. The molecule has 162 valence electrons. The van der Waals surface area contributed by atoms with Crippen LogP contribution in [0.15, 0.2) is 61.2 Å². The van der Waals surface area contributed by atoms with Gasteiger partial charge in [0.15, 0.2) is 0 Å². The smallest absolute Gasteiger partial charge is 0.408 e. The Bertz CT molecular complexity index is 956. The quantitative estimate of drug-likeness (QED) is 0.469. The molecule has 1 atom stereocenters. The van der Waals surface area contributed by atoms with Gasteiger partial charge in [-0.1, -0.05) is 61.2 Å². The normalized spacial score (nSPS) is 14.0. The van der Waals surface area contributed by atoms with Crippen LogP contribution < -0.4 is 5.32 Å². The van der Waals surface area contributed by atoms with Crippen LogP contribution in [0.5, 0.6) is 0 Å². The van der Waals surface area contributed by atoms with Crippen LogP contribution in [-0.2, 0) is 19.1 Å². The van der Waals surface area contributed by atoms with Gasteiger partial charge in [0.25, 0.3) is 0 Å². The highest BCUT2D eigenvalue weighted by Crippen LogP contribution is 2.44. The maximum atomic E-state index is 12.6. The third-order valence-corrected chi connectivity index (χ3v) is 5.34. The molecule has 2 N–H and O–H groups in total. The number of hydrogen-bond donors (Lipinski definition) is 2. The molecule has 2 aromatic carbocycles. The van der Waals surface area contributed by atoms with Crippen LogP contribution in [0, 0.1) is 0 Å². The van der Waals surface area contributed by atoms with Crippen molar-refractivity contribution < 1.29 is 29.0 Å². The Morgan fingerprint density at radius 2 is 1.65 bits per heavy atom. The molecule has 7 heteroatoms. The predicted molar refractivity (Wildman–Crippen MR) is 115 cm³/mol. The standard InChI is InChI=1S/C24H25NO6/c1-3-14-30-22(28)24(2,13-12-21(26)27)25-23(29)31-15-20-18-10-6-4-8-16(18)17-9-5-7-11-19(17)20/h3-11,20H,1,12-15H2,2H3,(H,25,29)(H,26,27)/t24-/m0/s1. The zero-order chi connectivity index (χ0) is 22.4. The second-order valence-electron chi connectivity index (χ2n) is 7.56. The third kappa shape index (κ3) is 4.94. The van der Waals surface area contributed by atoms with Crippen LogP contribution in [0.25, 0.3) is 11.1 Å². The van der Waals surface area contributed by atoms with Crippen LogP contribution in [-0.4, -0.2) is 41.9 Å². The van der Waals surface area contributed by atoms with E-state index < -0.39 is 23.6 Å². The Hall–Kier alpha value is -3.61. The molecule has 0 fully saturated rings. The van der Waals surface area contributed by atoms with Gasteiger partial charge < -0.3 is 19.9 Å². The molecule has 0 saturated heterocycles. The van der Waals surface area contributed by atoms with E-state index in [4.69, 9.17) is 14.6 Å². The van der Waals surface area contributed by atoms with Crippen molar-refractivity contribution in [1.82, 2.24) is 5.32 Å². The Balaban J connectivity index is 1.71. The zero-order valence-electron chi connectivity index (χ0n) is 17.3. The molecule has 2 aromatic rings. The molecule has 0 heterocycles. The zero-order valence-corrected chi connectivity index (χ0v) is 17.3. The van der Waals surface area contributed by atoms with E-state index in [0.717, 1.165) is 22.3 Å². The minimum Gasteiger partial charge on any atom is -0.481 e. The van der Waals surface area contributed by atoms with Crippen LogP contribution in [0.4, 0.5) is 4.79 Å². The minimum atomic E-state index is -1.54. The van der Waals surface area contributed by atoms with Gasteiger partial charge >= 0.3 is 18.0 Å². The average Bonchev–Trinajstić information content (AvgIpc) is 3.08. The molecule has 3 rings (SSSR count). The van der Waals surface area contributed by atoms with E-state index in [9.17, 15) is 14.4 Å². The average molecular weight is 423 g/mol. The first-order valence-corrected chi connectivity index (χ1v) is 9.99. The lowest BCUT2D eigenvalue weighted by atomic mass is 9.96. The number of alkyl carbamates (subject to hydrolysis) is 1. The van der Waals surface area contributed by atoms with E-state index in [-0.39, 0.29) is 32.0 Å². The number of carboxylic acids is 1. The summed E-state index contributed by atoms with van der Waals surface area (Å²) in [5.74, 6) is -1.96. The summed E-state index contributed by atoms with van der Waals surface area (Å²) in [6.45, 7) is 4.93. The highest BCUT2D eigenvalue weighted by atomic mass is 16.6. The van der Waals surface area contributed by atoms with Gasteiger partial charge in [-0.25, -0.2) is 9.59 Å². The van der Waals surface area contributed by atoms with Crippen LogP contribution in [0.3, 0.4) is 0 Å². The van der Waals surface area contributed by atoms with Crippen LogP contribution in [0.1, 0.15) is 36.8 Å². The highest BCUT2D eigenvalue weighted by molar-refractivity contribution is 5.86. The number of carbonyl (C=O) groups excluding carboxylic acids is 2. The lowest BCUT2D eigenvalue weighted by Crippen LogP contribution is -2.53. The number of fused-ring (bicyclic) bond motifs is 3. The Morgan fingerprint density at radius 3 is 2.19 bits per heavy atom. The predicted octanol–water partition coefficient (Wildman–Crippen LogP) is 3.88. The number of hydrogen-bond acceptors (Lipinski definition) is 5. The Morgan fingerprint density at radius 1 is 1.06 bits per heavy atom. The van der Waals surface area contributed by atoms with E-state index in [1.54, 1.807) is 0 Å². The maximum absolute atomic E-state index is 12.6. The van der Waals surface area contributed by atoms with Crippen molar-refractivity contribution in [2.75, 3.05) is 13.2 Å². The van der Waals surface area contributed by atoms with Crippen molar-refractivity contribution in [2.24, 2.45) is 0 Å². The number of amides is 1. The number of carboxylic acid groups (broad SMARTS) is 1. The van der Waals surface area contributed by atoms with Gasteiger partial charge in [-0.15, -0.1) is 0 Å². The molecule has 31 heavy (non-hydrogen) atoms. The SMILES string of the molecule is C=CCOC(=O)[C@](C)(CCC(=O)O)NC(=O)OCC1c2ccccc2-c2ccccc21. The Kier molecular flexibility index (Phi) is 6.74. The second-order valence-corrected chi connectivity index (χ2v) is 7.56. The Labute approximate surface area is 180 Å². The molecule has 0 spiro atoms. The molecular formula is C24H25NO6. The molecule has 0 unspecified atom stereocenters. The molecule has 1 amide bonds. The topological polar surface area (TPSA) is 102 Å². The van der Waals surface area contributed by atoms with Gasteiger partial charge in [0, 0.05) is 12.3 Å². The van der Waals surface area contributed by atoms with Gasteiger partial charge in [0.05, 0.1) is 0 Å². The van der Waals surface area contributed by atoms with Crippen molar-refractivity contribution >= 4 is 18.0 Å². The van der Waals surface area contributed by atoms with Crippen molar-refractivity contribution in [3.63, 3.8) is 0 Å². The monoisotopic (exact) mass is 423 g/mol. The first-order chi connectivity index (χ1) is 14.9. The van der Waals surface area contributed by atoms with E-state index in [2.05, 4.69) is 11.9 Å². The van der Waals surface area contributed by atoms with Crippen LogP contribution in [0.2, 0.25) is 0 Å². The van der Waals surface area contributed by atoms with Crippen molar-refractivity contribution in [3.8, 4) is 11.1 Å². The van der Waals surface area contributed by atoms with Crippen LogP contribution >= 0.6 is 0 Å². The minimum absolute atomic E-state index is 0.0478. The molecule has 0 saturated carbocycles. The van der Waals surface area contributed by atoms with E-state index in [1.165, 1.54) is 13.0 Å².